The molecule has 25 heavy (non-hydrogen) atoms. The van der Waals surface area contributed by atoms with Crippen LogP contribution in [0.15, 0.2) is 42.6 Å². The molecule has 0 saturated carbocycles. The summed E-state index contributed by atoms with van der Waals surface area (Å²) in [7, 11) is 0. The normalized spacial score (nSPS) is 9.36. The van der Waals surface area contributed by atoms with E-state index < -0.39 is 0 Å². The summed E-state index contributed by atoms with van der Waals surface area (Å²) in [4.78, 5) is 26.3. The van der Waals surface area contributed by atoms with Gasteiger partial charge in [0.15, 0.2) is 0 Å². The molecule has 0 bridgehead atoms. The molecular weight excluding hydrogens is 363 g/mol. The molecule has 0 saturated heterocycles. The molecule has 0 unspecified atom stereocenters. The lowest BCUT2D eigenvalue weighted by Crippen LogP contribution is -2.31. The predicted octanol–water partition coefficient (Wildman–Crippen LogP) is 2.20. The Morgan fingerprint density at radius 2 is 1.52 bits per heavy atom. The number of hydrogen-bond acceptors (Lipinski definition) is 4. The Labute approximate surface area is 159 Å². The predicted molar refractivity (Wildman–Crippen MR) is 103 cm³/mol. The SMILES string of the molecule is CC(=O)Nc1ccc(CCc2ccc(CC(=O)NN)cc2)cn1.Cl.Cl. The van der Waals surface area contributed by atoms with Crippen LogP contribution < -0.4 is 16.6 Å². The van der Waals surface area contributed by atoms with Crippen molar-refractivity contribution in [3.05, 3.63) is 59.3 Å². The van der Waals surface area contributed by atoms with Gasteiger partial charge in [0, 0.05) is 13.1 Å². The van der Waals surface area contributed by atoms with Crippen LogP contribution in [-0.4, -0.2) is 16.8 Å². The van der Waals surface area contributed by atoms with Crippen molar-refractivity contribution < 1.29 is 9.59 Å². The van der Waals surface area contributed by atoms with Crippen LogP contribution in [0.2, 0.25) is 0 Å². The third-order valence-corrected chi connectivity index (χ3v) is 3.38. The molecule has 2 rings (SSSR count). The number of anilines is 1. The van der Waals surface area contributed by atoms with E-state index in [1.54, 1.807) is 12.3 Å². The highest BCUT2D eigenvalue weighted by Crippen LogP contribution is 2.11. The van der Waals surface area contributed by atoms with Gasteiger partial charge < -0.3 is 5.32 Å². The lowest BCUT2D eigenvalue weighted by molar-refractivity contribution is -0.120. The van der Waals surface area contributed by atoms with Crippen molar-refractivity contribution in [2.75, 3.05) is 5.32 Å². The first-order valence-corrected chi connectivity index (χ1v) is 7.36. The number of hydrazine groups is 1. The number of benzene rings is 1. The lowest BCUT2D eigenvalue weighted by Gasteiger charge is -2.05. The highest BCUT2D eigenvalue weighted by molar-refractivity contribution is 5.87. The minimum absolute atomic E-state index is 0. The molecular formula is C17H22Cl2N4O2. The number of nitrogens with two attached hydrogens (primary N) is 1. The summed E-state index contributed by atoms with van der Waals surface area (Å²) in [6.45, 7) is 1.45. The number of amides is 2. The number of aromatic nitrogens is 1. The largest absolute Gasteiger partial charge is 0.311 e. The summed E-state index contributed by atoms with van der Waals surface area (Å²) < 4.78 is 0. The molecule has 2 aromatic rings. The maximum Gasteiger partial charge on any atom is 0.238 e. The fourth-order valence-electron chi connectivity index (χ4n) is 2.18. The second-order valence-electron chi connectivity index (χ2n) is 5.29. The number of hydrogen-bond donors (Lipinski definition) is 3. The third kappa shape index (κ3) is 7.98. The van der Waals surface area contributed by atoms with Crippen molar-refractivity contribution in [1.29, 1.82) is 0 Å². The van der Waals surface area contributed by atoms with Crippen molar-refractivity contribution in [3.63, 3.8) is 0 Å². The van der Waals surface area contributed by atoms with E-state index in [1.807, 2.05) is 30.3 Å². The Hall–Kier alpha value is -2.15. The molecule has 0 aliphatic heterocycles. The Morgan fingerprint density at radius 1 is 0.960 bits per heavy atom. The standard InChI is InChI=1S/C17H20N4O2.2ClH/c1-12(22)20-16-9-8-15(11-19-16)7-4-13-2-5-14(6-3-13)10-17(23)21-18;;/h2-3,5-6,8-9,11H,4,7,10,18H2,1H3,(H,21,23)(H,19,20,22);2*1H. The summed E-state index contributed by atoms with van der Waals surface area (Å²) >= 11 is 0. The fraction of sp³-hybridized carbons (Fsp3) is 0.235. The van der Waals surface area contributed by atoms with Crippen LogP contribution in [0.4, 0.5) is 5.82 Å². The molecule has 0 fully saturated rings. The lowest BCUT2D eigenvalue weighted by atomic mass is 10.0. The molecule has 0 aliphatic rings. The van der Waals surface area contributed by atoms with E-state index in [9.17, 15) is 9.59 Å². The van der Waals surface area contributed by atoms with Gasteiger partial charge in [0.05, 0.1) is 6.42 Å². The van der Waals surface area contributed by atoms with Crippen LogP contribution in [0.1, 0.15) is 23.6 Å². The number of rotatable bonds is 6. The van der Waals surface area contributed by atoms with Crippen LogP contribution in [0.25, 0.3) is 0 Å². The van der Waals surface area contributed by atoms with Crippen molar-refractivity contribution in [2.45, 2.75) is 26.2 Å². The monoisotopic (exact) mass is 384 g/mol. The molecule has 1 aromatic carbocycles. The summed E-state index contributed by atoms with van der Waals surface area (Å²) in [6.07, 6.45) is 3.79. The Bertz CT molecular complexity index is 676. The average Bonchev–Trinajstić information content (AvgIpc) is 2.55. The summed E-state index contributed by atoms with van der Waals surface area (Å²) in [5.74, 6) is 5.29. The van der Waals surface area contributed by atoms with Crippen LogP contribution in [0.3, 0.4) is 0 Å². The molecule has 0 aliphatic carbocycles. The summed E-state index contributed by atoms with van der Waals surface area (Å²) in [5, 5.41) is 2.64. The van der Waals surface area contributed by atoms with Crippen molar-refractivity contribution in [3.8, 4) is 0 Å². The number of carbonyl (C=O) groups is 2. The third-order valence-electron chi connectivity index (χ3n) is 3.38. The number of halogens is 2. The molecule has 1 aromatic heterocycles. The van der Waals surface area contributed by atoms with Crippen molar-refractivity contribution >= 4 is 42.4 Å². The van der Waals surface area contributed by atoms with Crippen LogP contribution >= 0.6 is 24.8 Å². The van der Waals surface area contributed by atoms with Gasteiger partial charge in [0.2, 0.25) is 11.8 Å². The van der Waals surface area contributed by atoms with Crippen molar-refractivity contribution in [1.82, 2.24) is 10.4 Å². The van der Waals surface area contributed by atoms with Gasteiger partial charge in [-0.25, -0.2) is 10.8 Å². The maximum absolute atomic E-state index is 11.2. The van der Waals surface area contributed by atoms with E-state index in [2.05, 4.69) is 15.7 Å². The van der Waals surface area contributed by atoms with Gasteiger partial charge in [-0.05, 0) is 35.6 Å². The minimum Gasteiger partial charge on any atom is -0.311 e. The molecule has 4 N–H and O–H groups in total. The zero-order valence-electron chi connectivity index (χ0n) is 13.8. The second kappa shape index (κ2) is 11.4. The first kappa shape index (κ1) is 22.9. The number of nitrogens with zero attached hydrogens (tertiary/aromatic N) is 1. The molecule has 0 atom stereocenters. The Balaban J connectivity index is 0.00000288. The first-order valence-electron chi connectivity index (χ1n) is 7.36. The number of aryl methyl sites for hydroxylation is 2. The Kier molecular flexibility index (Phi) is 10.4. The van der Waals surface area contributed by atoms with Crippen LogP contribution in [0, 0.1) is 0 Å². The smallest absolute Gasteiger partial charge is 0.238 e. The fourth-order valence-corrected chi connectivity index (χ4v) is 2.18. The molecule has 2 amide bonds. The second-order valence-corrected chi connectivity index (χ2v) is 5.29. The molecule has 0 radical (unpaired) electrons. The van der Waals surface area contributed by atoms with Gasteiger partial charge in [-0.1, -0.05) is 30.3 Å². The molecule has 6 nitrogen and oxygen atoms in total. The van der Waals surface area contributed by atoms with Crippen LogP contribution in [-0.2, 0) is 28.9 Å². The van der Waals surface area contributed by atoms with E-state index >= 15 is 0 Å². The van der Waals surface area contributed by atoms with Gasteiger partial charge >= 0.3 is 0 Å². The van der Waals surface area contributed by atoms with Gasteiger partial charge in [-0.15, -0.1) is 24.8 Å². The maximum atomic E-state index is 11.2. The van der Waals surface area contributed by atoms with E-state index in [-0.39, 0.29) is 43.0 Å². The zero-order chi connectivity index (χ0) is 16.7. The quantitative estimate of drug-likeness (QED) is 0.404. The van der Waals surface area contributed by atoms with Crippen molar-refractivity contribution in [2.24, 2.45) is 5.84 Å². The van der Waals surface area contributed by atoms with Gasteiger partial charge in [0.1, 0.15) is 5.82 Å². The average molecular weight is 385 g/mol. The Morgan fingerprint density at radius 3 is 2.04 bits per heavy atom. The first-order chi connectivity index (χ1) is 11.1. The number of pyridine rings is 1. The molecule has 0 spiro atoms. The summed E-state index contributed by atoms with van der Waals surface area (Å²) in [5.41, 5.74) is 5.34. The van der Waals surface area contributed by atoms with Gasteiger partial charge in [-0.2, -0.15) is 0 Å². The number of carbonyl (C=O) groups excluding carboxylic acids is 2. The highest BCUT2D eigenvalue weighted by Gasteiger charge is 2.02. The minimum atomic E-state index is -0.205. The summed E-state index contributed by atoms with van der Waals surface area (Å²) in [6, 6.07) is 11.6. The topological polar surface area (TPSA) is 97.1 Å². The van der Waals surface area contributed by atoms with E-state index in [0.29, 0.717) is 5.82 Å². The van der Waals surface area contributed by atoms with E-state index in [0.717, 1.165) is 24.0 Å². The van der Waals surface area contributed by atoms with Gasteiger partial charge in [0.25, 0.3) is 0 Å². The highest BCUT2D eigenvalue weighted by atomic mass is 35.5. The van der Waals surface area contributed by atoms with Gasteiger partial charge in [-0.3, -0.25) is 15.0 Å². The molecule has 1 heterocycles. The zero-order valence-corrected chi connectivity index (χ0v) is 15.5. The molecule has 8 heteroatoms. The molecule has 136 valence electrons. The van der Waals surface area contributed by atoms with E-state index in [1.165, 1.54) is 12.5 Å². The number of nitrogens with one attached hydrogen (secondary N) is 2. The van der Waals surface area contributed by atoms with E-state index in [4.69, 9.17) is 5.84 Å². The van der Waals surface area contributed by atoms with Crippen LogP contribution in [0.5, 0.6) is 0 Å².